The second-order valence-corrected chi connectivity index (χ2v) is 3.74. The lowest BCUT2D eigenvalue weighted by molar-refractivity contribution is -0.192. The predicted molar refractivity (Wildman–Crippen MR) is 48.2 cm³/mol. The molecule has 0 aliphatic rings. The van der Waals surface area contributed by atoms with Crippen molar-refractivity contribution in [3.05, 3.63) is 0 Å². The first-order valence-corrected chi connectivity index (χ1v) is 4.11. The van der Waals surface area contributed by atoms with E-state index in [4.69, 9.17) is 20.7 Å². The van der Waals surface area contributed by atoms with E-state index in [0.717, 1.165) is 0 Å². The number of aliphatic carboxylic acids is 1. The van der Waals surface area contributed by atoms with E-state index < -0.39 is 12.1 Å². The summed E-state index contributed by atoms with van der Waals surface area (Å²) in [7, 11) is 0. The van der Waals surface area contributed by atoms with E-state index in [0.29, 0.717) is 0 Å². The zero-order valence-corrected chi connectivity index (χ0v) is 8.80. The fourth-order valence-electron chi connectivity index (χ4n) is 0.144. The van der Waals surface area contributed by atoms with Gasteiger partial charge in [-0.15, -0.1) is 0 Å². The number of alkyl halides is 3. The van der Waals surface area contributed by atoms with Crippen molar-refractivity contribution >= 4 is 5.97 Å². The molecule has 0 aliphatic heterocycles. The third kappa shape index (κ3) is 8.19. The Balaban J connectivity index is 0. The molecule has 0 fully saturated rings. The highest BCUT2D eigenvalue weighted by Gasteiger charge is 2.38. The van der Waals surface area contributed by atoms with Crippen LogP contribution in [0, 0.1) is 5.41 Å². The van der Waals surface area contributed by atoms with Gasteiger partial charge in [0, 0.05) is 18.1 Å². The zero-order chi connectivity index (χ0) is 12.9. The Kier molecular flexibility index (Phi) is 6.55. The van der Waals surface area contributed by atoms with Gasteiger partial charge in [0.15, 0.2) is 0 Å². The number of carboxylic acids is 1. The molecule has 0 aromatic heterocycles. The van der Waals surface area contributed by atoms with E-state index in [1.54, 1.807) is 0 Å². The van der Waals surface area contributed by atoms with Gasteiger partial charge in [-0.1, -0.05) is 13.8 Å². The summed E-state index contributed by atoms with van der Waals surface area (Å²) in [4.78, 5) is 8.90. The van der Waals surface area contributed by atoms with Gasteiger partial charge < -0.3 is 15.9 Å². The molecule has 0 radical (unpaired) electrons. The van der Waals surface area contributed by atoms with Crippen LogP contribution in [0.25, 0.3) is 0 Å². The van der Waals surface area contributed by atoms with Crippen LogP contribution in [0.15, 0.2) is 0 Å². The summed E-state index contributed by atoms with van der Waals surface area (Å²) < 4.78 is 31.7. The average Bonchev–Trinajstić information content (AvgIpc) is 2.03. The zero-order valence-electron chi connectivity index (χ0n) is 8.80. The number of hydrogen-bond acceptors (Lipinski definition) is 3. The van der Waals surface area contributed by atoms with Crippen LogP contribution < -0.4 is 5.73 Å². The van der Waals surface area contributed by atoms with Gasteiger partial charge >= 0.3 is 12.1 Å². The molecule has 4 N–H and O–H groups in total. The largest absolute Gasteiger partial charge is 0.490 e. The van der Waals surface area contributed by atoms with Crippen LogP contribution in [0.2, 0.25) is 0 Å². The van der Waals surface area contributed by atoms with E-state index in [1.807, 2.05) is 20.8 Å². The normalized spacial score (nSPS) is 13.9. The molecule has 4 nitrogen and oxygen atoms in total. The third-order valence-electron chi connectivity index (χ3n) is 1.88. The van der Waals surface area contributed by atoms with Gasteiger partial charge in [0.2, 0.25) is 0 Å². The molecule has 0 bridgehead atoms. The summed E-state index contributed by atoms with van der Waals surface area (Å²) in [6.45, 7) is 5.94. The van der Waals surface area contributed by atoms with Crippen LogP contribution in [0.5, 0.6) is 0 Å². The molecule has 92 valence electrons. The lowest BCUT2D eigenvalue weighted by Crippen LogP contribution is -2.37. The topological polar surface area (TPSA) is 83.5 Å². The summed E-state index contributed by atoms with van der Waals surface area (Å²) in [6, 6.07) is 0.0625. The molecule has 0 heterocycles. The SMILES string of the molecule is C[C@H](N)C(C)(C)CO.O=C(O)C(F)(F)F. The van der Waals surface area contributed by atoms with Gasteiger partial charge in [0.1, 0.15) is 0 Å². The number of aliphatic hydroxyl groups excluding tert-OH is 1. The molecule has 0 aromatic rings. The second kappa shape index (κ2) is 5.92. The molecule has 0 rings (SSSR count). The first-order chi connectivity index (χ1) is 6.45. The van der Waals surface area contributed by atoms with Crippen molar-refractivity contribution in [2.24, 2.45) is 11.1 Å². The number of nitrogens with two attached hydrogens (primary N) is 1. The van der Waals surface area contributed by atoms with E-state index in [1.165, 1.54) is 0 Å². The van der Waals surface area contributed by atoms with Crippen LogP contribution >= 0.6 is 0 Å². The van der Waals surface area contributed by atoms with Crippen molar-refractivity contribution in [3.63, 3.8) is 0 Å². The van der Waals surface area contributed by atoms with Gasteiger partial charge in [-0.05, 0) is 6.92 Å². The quantitative estimate of drug-likeness (QED) is 0.661. The highest BCUT2D eigenvalue weighted by Crippen LogP contribution is 2.16. The first-order valence-electron chi connectivity index (χ1n) is 4.11. The summed E-state index contributed by atoms with van der Waals surface area (Å²) in [5.74, 6) is -2.76. The maximum Gasteiger partial charge on any atom is 0.490 e. The van der Waals surface area contributed by atoms with Crippen molar-refractivity contribution in [1.82, 2.24) is 0 Å². The van der Waals surface area contributed by atoms with Crippen molar-refractivity contribution in [3.8, 4) is 0 Å². The van der Waals surface area contributed by atoms with E-state index in [9.17, 15) is 13.2 Å². The highest BCUT2D eigenvalue weighted by molar-refractivity contribution is 5.73. The maximum absolute atomic E-state index is 10.6. The summed E-state index contributed by atoms with van der Waals surface area (Å²) in [6.07, 6.45) is -5.08. The Morgan fingerprint density at radius 2 is 1.67 bits per heavy atom. The number of halogens is 3. The van der Waals surface area contributed by atoms with Crippen molar-refractivity contribution in [1.29, 1.82) is 0 Å². The summed E-state index contributed by atoms with van der Waals surface area (Å²) in [5, 5.41) is 15.8. The average molecular weight is 231 g/mol. The number of hydrogen-bond donors (Lipinski definition) is 3. The van der Waals surface area contributed by atoms with Gasteiger partial charge in [-0.2, -0.15) is 13.2 Å². The molecule has 15 heavy (non-hydrogen) atoms. The van der Waals surface area contributed by atoms with Crippen LogP contribution in [0.1, 0.15) is 20.8 Å². The van der Waals surface area contributed by atoms with Gasteiger partial charge in [0.25, 0.3) is 0 Å². The molecule has 0 saturated carbocycles. The minimum Gasteiger partial charge on any atom is -0.475 e. The number of carbonyl (C=O) groups is 1. The van der Waals surface area contributed by atoms with E-state index in [-0.39, 0.29) is 18.1 Å². The Morgan fingerprint density at radius 3 is 1.67 bits per heavy atom. The minimum atomic E-state index is -5.08. The Hall–Kier alpha value is -0.820. The summed E-state index contributed by atoms with van der Waals surface area (Å²) >= 11 is 0. The number of rotatable bonds is 2. The standard InChI is InChI=1S/C6H15NO.C2HF3O2/c1-5(7)6(2,3)4-8;3-2(4,5)1(6)7/h5,8H,4,7H2,1-3H3;(H,6,7)/t5-;/m0./s1. The summed E-state index contributed by atoms with van der Waals surface area (Å²) in [5.41, 5.74) is 5.40. The lowest BCUT2D eigenvalue weighted by Gasteiger charge is -2.25. The molecule has 0 saturated heterocycles. The monoisotopic (exact) mass is 231 g/mol. The maximum atomic E-state index is 10.6. The number of aliphatic hydroxyl groups is 1. The minimum absolute atomic E-state index is 0.0625. The van der Waals surface area contributed by atoms with Gasteiger partial charge in [-0.3, -0.25) is 0 Å². The third-order valence-corrected chi connectivity index (χ3v) is 1.88. The second-order valence-electron chi connectivity index (χ2n) is 3.74. The van der Waals surface area contributed by atoms with E-state index >= 15 is 0 Å². The molecule has 0 unspecified atom stereocenters. The highest BCUT2D eigenvalue weighted by atomic mass is 19.4. The van der Waals surface area contributed by atoms with E-state index in [2.05, 4.69) is 0 Å². The fourth-order valence-corrected chi connectivity index (χ4v) is 0.144. The molecule has 0 aromatic carbocycles. The smallest absolute Gasteiger partial charge is 0.475 e. The van der Waals surface area contributed by atoms with Crippen LogP contribution in [0.4, 0.5) is 13.2 Å². The van der Waals surface area contributed by atoms with Crippen LogP contribution in [0.3, 0.4) is 0 Å². The molecule has 1 atom stereocenters. The Labute approximate surface area is 85.9 Å². The Morgan fingerprint density at radius 1 is 1.40 bits per heavy atom. The molecular weight excluding hydrogens is 215 g/mol. The van der Waals surface area contributed by atoms with Crippen LogP contribution in [-0.2, 0) is 4.79 Å². The predicted octanol–water partition coefficient (Wildman–Crippen LogP) is 0.985. The fraction of sp³-hybridized carbons (Fsp3) is 0.875. The first kappa shape index (κ1) is 16.6. The molecule has 0 spiro atoms. The molecular formula is C8H16F3NO3. The van der Waals surface area contributed by atoms with Gasteiger partial charge in [0.05, 0.1) is 0 Å². The Bertz CT molecular complexity index is 202. The van der Waals surface area contributed by atoms with Crippen molar-refractivity contribution in [2.75, 3.05) is 6.61 Å². The number of carboxylic acid groups (broad SMARTS) is 1. The molecule has 0 amide bonds. The lowest BCUT2D eigenvalue weighted by atomic mass is 9.87. The van der Waals surface area contributed by atoms with Crippen LogP contribution in [-0.4, -0.2) is 35.0 Å². The van der Waals surface area contributed by atoms with Gasteiger partial charge in [-0.25, -0.2) is 4.79 Å². The van der Waals surface area contributed by atoms with Crippen molar-refractivity contribution < 1.29 is 28.2 Å². The van der Waals surface area contributed by atoms with Crippen molar-refractivity contribution in [2.45, 2.75) is 33.0 Å². The molecule has 7 heteroatoms. The molecule has 0 aliphatic carbocycles.